The molecule has 0 spiro atoms. The maximum Gasteiger partial charge on any atom is 0.305 e. The van der Waals surface area contributed by atoms with E-state index in [1.165, 1.54) is 12.1 Å². The molecule has 1 rings (SSSR count). The predicted molar refractivity (Wildman–Crippen MR) is 70.2 cm³/mol. The van der Waals surface area contributed by atoms with Crippen molar-refractivity contribution in [1.29, 1.82) is 0 Å². The fourth-order valence-corrected chi connectivity index (χ4v) is 2.28. The van der Waals surface area contributed by atoms with Crippen molar-refractivity contribution in [2.75, 3.05) is 6.61 Å². The van der Waals surface area contributed by atoms with E-state index in [0.29, 0.717) is 0 Å². The van der Waals surface area contributed by atoms with Gasteiger partial charge in [-0.3, -0.25) is 8.98 Å². The van der Waals surface area contributed by atoms with Crippen LogP contribution >= 0.6 is 0 Å². The Bertz CT molecular complexity index is 518. The van der Waals surface area contributed by atoms with Crippen LogP contribution in [0.15, 0.2) is 29.2 Å². The second kappa shape index (κ2) is 6.68. The van der Waals surface area contributed by atoms with Gasteiger partial charge in [-0.05, 0) is 26.0 Å². The molecule has 0 aromatic heterocycles. The second-order valence-corrected chi connectivity index (χ2v) is 5.82. The Balaban J connectivity index is 2.61. The highest BCUT2D eigenvalue weighted by molar-refractivity contribution is 7.86. The summed E-state index contributed by atoms with van der Waals surface area (Å²) in [6, 6.07) is 6.34. The van der Waals surface area contributed by atoms with E-state index in [1.54, 1.807) is 26.0 Å². The van der Waals surface area contributed by atoms with Crippen LogP contribution in [0.1, 0.15) is 25.8 Å². The first kappa shape index (κ1) is 15.7. The summed E-state index contributed by atoms with van der Waals surface area (Å²) in [4.78, 5) is 11.1. The van der Waals surface area contributed by atoms with Crippen molar-refractivity contribution >= 4 is 16.1 Å². The van der Waals surface area contributed by atoms with Gasteiger partial charge in [-0.2, -0.15) is 8.42 Å². The Morgan fingerprint density at radius 3 is 2.37 bits per heavy atom. The summed E-state index contributed by atoms with van der Waals surface area (Å²) >= 11 is 0. The van der Waals surface area contributed by atoms with E-state index in [2.05, 4.69) is 0 Å². The van der Waals surface area contributed by atoms with Crippen LogP contribution in [-0.4, -0.2) is 27.1 Å². The van der Waals surface area contributed by atoms with Gasteiger partial charge in [-0.1, -0.05) is 24.6 Å². The summed E-state index contributed by atoms with van der Waals surface area (Å²) in [5.74, 6) is -0.385. The minimum absolute atomic E-state index is 0.0899. The first-order valence-electron chi connectivity index (χ1n) is 6.00. The Kier molecular flexibility index (Phi) is 5.50. The largest absolute Gasteiger partial charge is 0.460 e. The topological polar surface area (TPSA) is 69.7 Å². The highest BCUT2D eigenvalue weighted by atomic mass is 32.2. The van der Waals surface area contributed by atoms with Crippen LogP contribution < -0.4 is 0 Å². The van der Waals surface area contributed by atoms with Crippen LogP contribution in [0, 0.1) is 6.92 Å². The van der Waals surface area contributed by atoms with Gasteiger partial charge in [0.25, 0.3) is 10.1 Å². The lowest BCUT2D eigenvalue weighted by Crippen LogP contribution is -2.22. The minimum Gasteiger partial charge on any atom is -0.460 e. The lowest BCUT2D eigenvalue weighted by molar-refractivity contribution is -0.149. The van der Waals surface area contributed by atoms with Crippen LogP contribution in [0.25, 0.3) is 0 Å². The predicted octanol–water partition coefficient (Wildman–Crippen LogP) is 2.04. The molecule has 0 bridgehead atoms. The van der Waals surface area contributed by atoms with Crippen molar-refractivity contribution in [3.05, 3.63) is 29.8 Å². The van der Waals surface area contributed by atoms with E-state index in [9.17, 15) is 13.2 Å². The van der Waals surface area contributed by atoms with Crippen LogP contribution in [0.4, 0.5) is 0 Å². The third kappa shape index (κ3) is 5.00. The van der Waals surface area contributed by atoms with Crippen molar-refractivity contribution in [2.24, 2.45) is 0 Å². The number of aryl methyl sites for hydroxylation is 1. The van der Waals surface area contributed by atoms with E-state index >= 15 is 0 Å². The number of hydrogen-bond donors (Lipinski definition) is 0. The molecule has 0 amide bonds. The van der Waals surface area contributed by atoms with E-state index in [0.717, 1.165) is 5.56 Å². The summed E-state index contributed by atoms with van der Waals surface area (Å²) in [6.45, 7) is 4.92. The average Bonchev–Trinajstić information content (AvgIpc) is 2.37. The van der Waals surface area contributed by atoms with Gasteiger partial charge in [0.15, 0.2) is 0 Å². The number of rotatable bonds is 6. The minimum atomic E-state index is -3.81. The Hall–Kier alpha value is -1.40. The highest BCUT2D eigenvalue weighted by Gasteiger charge is 2.17. The van der Waals surface area contributed by atoms with Gasteiger partial charge < -0.3 is 4.74 Å². The summed E-state index contributed by atoms with van der Waals surface area (Å²) < 4.78 is 33.5. The first-order chi connectivity index (χ1) is 8.85. The molecule has 0 fully saturated rings. The van der Waals surface area contributed by atoms with Crippen LogP contribution in [0.2, 0.25) is 0 Å². The molecule has 0 unspecified atom stereocenters. The van der Waals surface area contributed by atoms with Crippen LogP contribution in [0.5, 0.6) is 0 Å². The zero-order valence-electron chi connectivity index (χ0n) is 11.3. The van der Waals surface area contributed by atoms with Crippen molar-refractivity contribution < 1.29 is 22.1 Å². The molecule has 0 aliphatic rings. The summed E-state index contributed by atoms with van der Waals surface area (Å²) in [5, 5.41) is 0. The molecule has 1 atom stereocenters. The standard InChI is InChI=1S/C13H18O5S/c1-4-13(14)18-11(3)9-17-19(15,16)12-7-5-10(2)6-8-12/h5-8,11H,4,9H2,1-3H3/t11-/m1/s1. The van der Waals surface area contributed by atoms with E-state index in [1.807, 2.05) is 6.92 Å². The van der Waals surface area contributed by atoms with Crippen LogP contribution in [0.3, 0.4) is 0 Å². The number of ether oxygens (including phenoxy) is 1. The average molecular weight is 286 g/mol. The van der Waals surface area contributed by atoms with E-state index in [4.69, 9.17) is 8.92 Å². The van der Waals surface area contributed by atoms with Crippen molar-refractivity contribution in [1.82, 2.24) is 0 Å². The molecule has 0 heterocycles. The Morgan fingerprint density at radius 1 is 1.26 bits per heavy atom. The number of carbonyl (C=O) groups excluding carboxylic acids is 1. The fourth-order valence-electron chi connectivity index (χ4n) is 1.30. The molecule has 1 aromatic carbocycles. The molecule has 0 saturated carbocycles. The molecular weight excluding hydrogens is 268 g/mol. The zero-order valence-corrected chi connectivity index (χ0v) is 12.1. The van der Waals surface area contributed by atoms with Crippen LogP contribution in [-0.2, 0) is 23.8 Å². The molecule has 0 radical (unpaired) electrons. The second-order valence-electron chi connectivity index (χ2n) is 4.21. The molecular formula is C13H18O5S. The first-order valence-corrected chi connectivity index (χ1v) is 7.41. The molecule has 0 saturated heterocycles. The lowest BCUT2D eigenvalue weighted by Gasteiger charge is -2.13. The lowest BCUT2D eigenvalue weighted by atomic mass is 10.2. The van der Waals surface area contributed by atoms with Gasteiger partial charge in [-0.25, -0.2) is 0 Å². The van der Waals surface area contributed by atoms with Crippen molar-refractivity contribution in [3.8, 4) is 0 Å². The highest BCUT2D eigenvalue weighted by Crippen LogP contribution is 2.13. The molecule has 19 heavy (non-hydrogen) atoms. The van der Waals surface area contributed by atoms with Gasteiger partial charge in [0, 0.05) is 6.42 Å². The SMILES string of the molecule is CCC(=O)O[C@H](C)COS(=O)(=O)c1ccc(C)cc1. The summed E-state index contributed by atoms with van der Waals surface area (Å²) in [5.41, 5.74) is 0.962. The van der Waals surface area contributed by atoms with Gasteiger partial charge in [-0.15, -0.1) is 0 Å². The third-order valence-electron chi connectivity index (χ3n) is 2.39. The quantitative estimate of drug-likeness (QED) is 0.591. The fraction of sp³-hybridized carbons (Fsp3) is 0.462. The van der Waals surface area contributed by atoms with Crippen molar-refractivity contribution in [2.45, 2.75) is 38.2 Å². The molecule has 0 aliphatic carbocycles. The van der Waals surface area contributed by atoms with Gasteiger partial charge >= 0.3 is 5.97 Å². The smallest absolute Gasteiger partial charge is 0.305 e. The summed E-state index contributed by atoms with van der Waals surface area (Å²) in [6.07, 6.45) is -0.359. The number of esters is 1. The maximum absolute atomic E-state index is 11.8. The molecule has 106 valence electrons. The molecule has 5 nitrogen and oxygen atoms in total. The molecule has 6 heteroatoms. The number of benzene rings is 1. The third-order valence-corrected chi connectivity index (χ3v) is 3.68. The van der Waals surface area contributed by atoms with E-state index < -0.39 is 16.2 Å². The molecule has 0 N–H and O–H groups in total. The monoisotopic (exact) mass is 286 g/mol. The number of carbonyl (C=O) groups is 1. The summed E-state index contributed by atoms with van der Waals surface area (Å²) in [7, 11) is -3.81. The van der Waals surface area contributed by atoms with E-state index in [-0.39, 0.29) is 23.9 Å². The number of hydrogen-bond acceptors (Lipinski definition) is 5. The van der Waals surface area contributed by atoms with Gasteiger partial charge in [0.2, 0.25) is 0 Å². The maximum atomic E-state index is 11.8. The Labute approximate surface area is 113 Å². The Morgan fingerprint density at radius 2 is 1.84 bits per heavy atom. The van der Waals surface area contributed by atoms with Gasteiger partial charge in [0.1, 0.15) is 12.7 Å². The zero-order chi connectivity index (χ0) is 14.5. The van der Waals surface area contributed by atoms with Gasteiger partial charge in [0.05, 0.1) is 4.90 Å². The van der Waals surface area contributed by atoms with Crippen molar-refractivity contribution in [3.63, 3.8) is 0 Å². The molecule has 1 aromatic rings. The molecule has 0 aliphatic heterocycles. The normalized spacial score (nSPS) is 13.0.